The number of benzene rings is 5. The zero-order valence-electron chi connectivity index (χ0n) is 34.7. The number of hydrogen-bond acceptors (Lipinski definition) is 2. The van der Waals surface area contributed by atoms with Gasteiger partial charge in [-0.2, -0.15) is 0 Å². The highest BCUT2D eigenvalue weighted by atomic mass is 15.2. The molecular formula is C56H54N2. The smallest absolute Gasteiger partial charge is 0.0540 e. The minimum Gasteiger partial charge on any atom is -0.340 e. The monoisotopic (exact) mass is 754 g/mol. The molecule has 0 N–H and O–H groups in total. The molecule has 2 nitrogen and oxygen atoms in total. The third kappa shape index (κ3) is 5.51. The lowest BCUT2D eigenvalue weighted by Gasteiger charge is -2.55. The van der Waals surface area contributed by atoms with E-state index in [2.05, 4.69) is 190 Å². The summed E-state index contributed by atoms with van der Waals surface area (Å²) in [6, 6.07) is 37.3. The van der Waals surface area contributed by atoms with Gasteiger partial charge in [0.2, 0.25) is 0 Å². The molecule has 0 bridgehead atoms. The molecule has 5 atom stereocenters. The molecule has 0 aromatic heterocycles. The Morgan fingerprint density at radius 2 is 1.48 bits per heavy atom. The summed E-state index contributed by atoms with van der Waals surface area (Å²) in [4.78, 5) is 5.43. The molecule has 5 aromatic rings. The Morgan fingerprint density at radius 3 is 2.29 bits per heavy atom. The first-order chi connectivity index (χ1) is 28.2. The summed E-state index contributed by atoms with van der Waals surface area (Å²) < 4.78 is 0. The van der Waals surface area contributed by atoms with Gasteiger partial charge >= 0.3 is 0 Å². The normalized spacial score (nSPS) is 24.5. The molecule has 0 saturated carbocycles. The third-order valence-electron chi connectivity index (χ3n) is 14.8. The van der Waals surface area contributed by atoms with E-state index < -0.39 is 0 Å². The van der Waals surface area contributed by atoms with Crippen molar-refractivity contribution in [3.8, 4) is 0 Å². The van der Waals surface area contributed by atoms with Crippen LogP contribution in [0.25, 0.3) is 16.8 Å². The summed E-state index contributed by atoms with van der Waals surface area (Å²) in [5, 5.41) is 2.56. The lowest BCUT2D eigenvalue weighted by molar-refractivity contribution is 0.189. The van der Waals surface area contributed by atoms with Crippen LogP contribution in [0.4, 0.5) is 22.7 Å². The summed E-state index contributed by atoms with van der Waals surface area (Å²) in [6.45, 7) is 11.9. The van der Waals surface area contributed by atoms with Crippen LogP contribution < -0.4 is 9.80 Å². The maximum Gasteiger partial charge on any atom is 0.0540 e. The van der Waals surface area contributed by atoms with Crippen molar-refractivity contribution in [3.63, 3.8) is 0 Å². The van der Waals surface area contributed by atoms with Crippen molar-refractivity contribution in [2.75, 3.05) is 9.80 Å². The number of fused-ring (bicyclic) bond motifs is 2. The van der Waals surface area contributed by atoms with Crippen LogP contribution >= 0.6 is 0 Å². The average molecular weight is 755 g/mol. The fraction of sp³-hybridized carbons (Fsp3) is 0.286. The number of aryl methyl sites for hydroxylation is 3. The number of rotatable bonds is 6. The van der Waals surface area contributed by atoms with Crippen LogP contribution in [0.2, 0.25) is 0 Å². The van der Waals surface area contributed by atoms with E-state index in [-0.39, 0.29) is 11.3 Å². The minimum atomic E-state index is 0.197. The standard InChI is InChI=1S/C56H54N2/c1-35-20-24-41(25-21-35)57(49-18-10-14-38-12-6-8-16-44(38)49)51-32-37(3)43-28-29-46-52(33-40-30-31-56(4,5)48-34-47(51)54(43)55(46)53(40)48)58(42-26-22-36(2)23-27-42)50-19-11-15-39-13-7-9-17-45(39)50/h6-10,12-18,20-29,32-33,45-46,48,50,55H,11,19,30-31,34H2,1-5H3. The average Bonchev–Trinajstić information content (AvgIpc) is 3.24. The molecule has 0 heterocycles. The molecule has 11 rings (SSSR count). The fourth-order valence-corrected chi connectivity index (χ4v) is 11.8. The van der Waals surface area contributed by atoms with Crippen LogP contribution in [0.5, 0.6) is 0 Å². The van der Waals surface area contributed by atoms with Gasteiger partial charge in [-0.1, -0.05) is 134 Å². The van der Waals surface area contributed by atoms with Crippen molar-refractivity contribution in [2.45, 2.75) is 78.7 Å². The minimum absolute atomic E-state index is 0.197. The largest absolute Gasteiger partial charge is 0.340 e. The molecule has 5 aromatic carbocycles. The first-order valence-electron chi connectivity index (χ1n) is 21.8. The van der Waals surface area contributed by atoms with E-state index in [1.807, 2.05) is 0 Å². The van der Waals surface area contributed by atoms with Crippen molar-refractivity contribution in [2.24, 2.45) is 23.2 Å². The molecule has 0 spiro atoms. The maximum atomic E-state index is 2.82. The molecule has 0 fully saturated rings. The molecule has 0 saturated heterocycles. The highest BCUT2D eigenvalue weighted by molar-refractivity contribution is 5.99. The second-order valence-electron chi connectivity index (χ2n) is 18.7. The van der Waals surface area contributed by atoms with E-state index in [1.54, 1.807) is 22.3 Å². The topological polar surface area (TPSA) is 6.48 Å². The predicted octanol–water partition coefficient (Wildman–Crippen LogP) is 14.5. The van der Waals surface area contributed by atoms with E-state index in [0.29, 0.717) is 23.8 Å². The lowest BCUT2D eigenvalue weighted by atomic mass is 9.52. The third-order valence-corrected chi connectivity index (χ3v) is 14.8. The number of allylic oxidation sites excluding steroid dienone is 8. The summed E-state index contributed by atoms with van der Waals surface area (Å²) in [5.41, 5.74) is 20.2. The Balaban J connectivity index is 1.15. The van der Waals surface area contributed by atoms with Gasteiger partial charge < -0.3 is 9.80 Å². The molecule has 5 unspecified atom stereocenters. The van der Waals surface area contributed by atoms with Gasteiger partial charge in [0.25, 0.3) is 0 Å². The highest BCUT2D eigenvalue weighted by Crippen LogP contribution is 2.63. The van der Waals surface area contributed by atoms with Crippen molar-refractivity contribution in [3.05, 3.63) is 195 Å². The van der Waals surface area contributed by atoms with Crippen LogP contribution in [-0.4, -0.2) is 6.04 Å². The van der Waals surface area contributed by atoms with Crippen molar-refractivity contribution < 1.29 is 0 Å². The zero-order valence-corrected chi connectivity index (χ0v) is 34.7. The van der Waals surface area contributed by atoms with Crippen LogP contribution in [0.1, 0.15) is 78.8 Å². The van der Waals surface area contributed by atoms with Gasteiger partial charge in [-0.05, 0) is 145 Å². The van der Waals surface area contributed by atoms with E-state index in [9.17, 15) is 0 Å². The molecule has 2 heteroatoms. The first kappa shape index (κ1) is 35.6. The maximum absolute atomic E-state index is 2.82. The van der Waals surface area contributed by atoms with Gasteiger partial charge in [0.05, 0.1) is 5.69 Å². The second kappa shape index (κ2) is 13.5. The van der Waals surface area contributed by atoms with Crippen molar-refractivity contribution >= 4 is 39.6 Å². The molecule has 288 valence electrons. The summed E-state index contributed by atoms with van der Waals surface area (Å²) in [5.74, 6) is 1.41. The summed E-state index contributed by atoms with van der Waals surface area (Å²) in [6.07, 6.45) is 25.3. The summed E-state index contributed by atoms with van der Waals surface area (Å²) in [7, 11) is 0. The van der Waals surface area contributed by atoms with E-state index in [4.69, 9.17) is 0 Å². The molecular weight excluding hydrogens is 701 g/mol. The van der Waals surface area contributed by atoms with Crippen LogP contribution in [-0.2, 0) is 6.42 Å². The molecule has 6 aliphatic rings. The van der Waals surface area contributed by atoms with Gasteiger partial charge in [0.15, 0.2) is 0 Å². The van der Waals surface area contributed by atoms with E-state index in [1.165, 1.54) is 73.5 Å². The number of anilines is 4. The first-order valence-corrected chi connectivity index (χ1v) is 21.8. The Labute approximate surface area is 345 Å². The van der Waals surface area contributed by atoms with Crippen LogP contribution in [0.3, 0.4) is 0 Å². The lowest BCUT2D eigenvalue weighted by Crippen LogP contribution is -2.48. The van der Waals surface area contributed by atoms with Gasteiger partial charge in [0, 0.05) is 51.9 Å². The van der Waals surface area contributed by atoms with Crippen molar-refractivity contribution in [1.29, 1.82) is 0 Å². The molecule has 0 amide bonds. The summed E-state index contributed by atoms with van der Waals surface area (Å²) >= 11 is 0. The van der Waals surface area contributed by atoms with Crippen LogP contribution in [0, 0.1) is 43.9 Å². The Morgan fingerprint density at radius 1 is 0.724 bits per heavy atom. The Hall–Kier alpha value is -5.60. The SMILES string of the molecule is Cc1ccc(N(c2cc(C)c3c4c2CC2C5=C(C=C(N(c6ccc(C)cc6)C6CCC=C7C=CC=CC76)C(C=C3)C54)CCC2(C)C)c2cccc3ccccc23)cc1. The van der Waals surface area contributed by atoms with E-state index >= 15 is 0 Å². The Bertz CT molecular complexity index is 2670. The molecule has 0 radical (unpaired) electrons. The van der Waals surface area contributed by atoms with Crippen LogP contribution in [0.15, 0.2) is 162 Å². The predicted molar refractivity (Wildman–Crippen MR) is 245 cm³/mol. The van der Waals surface area contributed by atoms with Gasteiger partial charge in [-0.3, -0.25) is 0 Å². The van der Waals surface area contributed by atoms with Gasteiger partial charge in [-0.25, -0.2) is 0 Å². The zero-order chi connectivity index (χ0) is 39.3. The van der Waals surface area contributed by atoms with Gasteiger partial charge in [-0.15, -0.1) is 0 Å². The highest BCUT2D eigenvalue weighted by Gasteiger charge is 2.52. The fourth-order valence-electron chi connectivity index (χ4n) is 11.8. The molecule has 6 aliphatic carbocycles. The molecule has 58 heavy (non-hydrogen) atoms. The van der Waals surface area contributed by atoms with Gasteiger partial charge in [0.1, 0.15) is 0 Å². The quantitative estimate of drug-likeness (QED) is 0.170. The van der Waals surface area contributed by atoms with Crippen molar-refractivity contribution in [1.82, 2.24) is 0 Å². The molecule has 0 aliphatic heterocycles. The number of nitrogens with zero attached hydrogens (tertiary/aromatic N) is 2. The number of hydrogen-bond donors (Lipinski definition) is 0. The second-order valence-corrected chi connectivity index (χ2v) is 18.7. The Kier molecular flexibility index (Phi) is 8.27. The van der Waals surface area contributed by atoms with E-state index in [0.717, 1.165) is 25.7 Å².